The Morgan fingerprint density at radius 2 is 1.70 bits per heavy atom. The van der Waals surface area contributed by atoms with Gasteiger partial charge in [0.25, 0.3) is 0 Å². The fraction of sp³-hybridized carbons (Fsp3) is 0.316. The summed E-state index contributed by atoms with van der Waals surface area (Å²) in [5.41, 5.74) is 0.767. The molecule has 0 atom stereocenters. The van der Waals surface area contributed by atoms with Crippen molar-refractivity contribution in [3.05, 3.63) is 59.7 Å². The molecule has 3 rings (SSSR count). The van der Waals surface area contributed by atoms with Gasteiger partial charge < -0.3 is 5.32 Å². The van der Waals surface area contributed by atoms with E-state index in [0.717, 1.165) is 6.07 Å². The van der Waals surface area contributed by atoms with Gasteiger partial charge in [-0.3, -0.25) is 4.79 Å². The van der Waals surface area contributed by atoms with Crippen LogP contribution in [0.1, 0.15) is 18.4 Å². The SMILES string of the molecule is Cc1cc(S(=O)(=O)N2CCC(C(=O)Nc3ccc(F)cc3)CC2)ccc1F. The van der Waals surface area contributed by atoms with Crippen LogP contribution in [-0.4, -0.2) is 31.7 Å². The molecule has 1 fully saturated rings. The zero-order valence-electron chi connectivity index (χ0n) is 14.8. The van der Waals surface area contributed by atoms with Gasteiger partial charge in [-0.15, -0.1) is 0 Å². The van der Waals surface area contributed by atoms with E-state index in [4.69, 9.17) is 0 Å². The van der Waals surface area contributed by atoms with E-state index in [1.807, 2.05) is 0 Å². The number of aryl methyl sites for hydroxylation is 1. The predicted octanol–water partition coefficient (Wildman–Crippen LogP) is 3.31. The van der Waals surface area contributed by atoms with Crippen LogP contribution >= 0.6 is 0 Å². The molecule has 1 heterocycles. The van der Waals surface area contributed by atoms with Crippen molar-refractivity contribution in [3.63, 3.8) is 0 Å². The second-order valence-corrected chi connectivity index (χ2v) is 8.52. The van der Waals surface area contributed by atoms with E-state index in [1.54, 1.807) is 0 Å². The summed E-state index contributed by atoms with van der Waals surface area (Å²) in [7, 11) is -3.72. The number of amides is 1. The quantitative estimate of drug-likeness (QED) is 0.865. The fourth-order valence-corrected chi connectivity index (χ4v) is 4.62. The highest BCUT2D eigenvalue weighted by Gasteiger charge is 2.32. The highest BCUT2D eigenvalue weighted by atomic mass is 32.2. The number of piperidine rings is 1. The molecule has 1 aliphatic heterocycles. The minimum absolute atomic E-state index is 0.0515. The maximum absolute atomic E-state index is 13.4. The van der Waals surface area contributed by atoms with Crippen molar-refractivity contribution in [3.8, 4) is 0 Å². The van der Waals surface area contributed by atoms with E-state index in [1.165, 1.54) is 47.6 Å². The van der Waals surface area contributed by atoms with Crippen LogP contribution in [0, 0.1) is 24.5 Å². The third-order valence-electron chi connectivity index (χ3n) is 4.70. The third kappa shape index (κ3) is 4.33. The minimum atomic E-state index is -3.72. The highest BCUT2D eigenvalue weighted by molar-refractivity contribution is 7.89. The molecule has 0 aliphatic carbocycles. The zero-order chi connectivity index (χ0) is 19.6. The second-order valence-electron chi connectivity index (χ2n) is 6.59. The lowest BCUT2D eigenvalue weighted by Crippen LogP contribution is -2.41. The molecule has 0 bridgehead atoms. The van der Waals surface area contributed by atoms with Crippen LogP contribution in [-0.2, 0) is 14.8 Å². The monoisotopic (exact) mass is 394 g/mol. The smallest absolute Gasteiger partial charge is 0.243 e. The number of nitrogens with zero attached hydrogens (tertiary/aromatic N) is 1. The van der Waals surface area contributed by atoms with E-state index in [9.17, 15) is 22.0 Å². The van der Waals surface area contributed by atoms with Crippen LogP contribution in [0.3, 0.4) is 0 Å². The first-order valence-corrected chi connectivity index (χ1v) is 10.0. The van der Waals surface area contributed by atoms with E-state index in [0.29, 0.717) is 18.5 Å². The van der Waals surface area contributed by atoms with Gasteiger partial charge in [0.05, 0.1) is 4.90 Å². The van der Waals surface area contributed by atoms with Crippen LogP contribution in [0.4, 0.5) is 14.5 Å². The molecule has 27 heavy (non-hydrogen) atoms. The number of hydrogen-bond donors (Lipinski definition) is 1. The molecule has 5 nitrogen and oxygen atoms in total. The van der Waals surface area contributed by atoms with E-state index < -0.39 is 15.8 Å². The van der Waals surface area contributed by atoms with Crippen molar-refractivity contribution in [2.75, 3.05) is 18.4 Å². The molecule has 0 spiro atoms. The van der Waals surface area contributed by atoms with Crippen molar-refractivity contribution < 1.29 is 22.0 Å². The Bertz CT molecular complexity index is 938. The normalized spacial score (nSPS) is 16.3. The number of benzene rings is 2. The van der Waals surface area contributed by atoms with Gasteiger partial charge in [0.1, 0.15) is 11.6 Å². The summed E-state index contributed by atoms with van der Waals surface area (Å²) < 4.78 is 53.1. The van der Waals surface area contributed by atoms with Crippen LogP contribution in [0.25, 0.3) is 0 Å². The molecule has 2 aromatic carbocycles. The summed E-state index contributed by atoms with van der Waals surface area (Å²) in [6.07, 6.45) is 0.763. The number of rotatable bonds is 4. The molecule has 144 valence electrons. The van der Waals surface area contributed by atoms with E-state index >= 15 is 0 Å². The number of hydrogen-bond acceptors (Lipinski definition) is 3. The maximum Gasteiger partial charge on any atom is 0.243 e. The summed E-state index contributed by atoms with van der Waals surface area (Å²) >= 11 is 0. The third-order valence-corrected chi connectivity index (χ3v) is 6.60. The molecule has 0 unspecified atom stereocenters. The highest BCUT2D eigenvalue weighted by Crippen LogP contribution is 2.26. The van der Waals surface area contributed by atoms with Crippen molar-refractivity contribution in [2.24, 2.45) is 5.92 Å². The molecule has 1 aliphatic rings. The molecule has 2 aromatic rings. The van der Waals surface area contributed by atoms with E-state index in [-0.39, 0.29) is 41.2 Å². The van der Waals surface area contributed by atoms with Gasteiger partial charge in [-0.1, -0.05) is 0 Å². The predicted molar refractivity (Wildman–Crippen MR) is 97.6 cm³/mol. The Morgan fingerprint density at radius 1 is 1.07 bits per heavy atom. The molecular formula is C19H20F2N2O3S. The van der Waals surface area contributed by atoms with Crippen LogP contribution in [0.15, 0.2) is 47.4 Å². The molecule has 1 amide bonds. The fourth-order valence-electron chi connectivity index (χ4n) is 3.06. The molecule has 0 radical (unpaired) electrons. The molecule has 8 heteroatoms. The topological polar surface area (TPSA) is 66.5 Å². The number of sulfonamides is 1. The number of halogens is 2. The number of anilines is 1. The van der Waals surface area contributed by atoms with Crippen molar-refractivity contribution >= 4 is 21.6 Å². The Morgan fingerprint density at radius 3 is 2.30 bits per heavy atom. The maximum atomic E-state index is 13.4. The lowest BCUT2D eigenvalue weighted by molar-refractivity contribution is -0.120. The van der Waals surface area contributed by atoms with Crippen molar-refractivity contribution in [1.82, 2.24) is 4.31 Å². The van der Waals surface area contributed by atoms with Gasteiger partial charge >= 0.3 is 0 Å². The van der Waals surface area contributed by atoms with Crippen LogP contribution in [0.5, 0.6) is 0 Å². The average Bonchev–Trinajstić information content (AvgIpc) is 2.66. The Hall–Kier alpha value is -2.32. The van der Waals surface area contributed by atoms with Crippen molar-refractivity contribution in [2.45, 2.75) is 24.7 Å². The van der Waals surface area contributed by atoms with Gasteiger partial charge in [-0.2, -0.15) is 4.31 Å². The van der Waals surface area contributed by atoms with Crippen molar-refractivity contribution in [1.29, 1.82) is 0 Å². The van der Waals surface area contributed by atoms with Gasteiger partial charge in [-0.05, 0) is 67.8 Å². The summed E-state index contributed by atoms with van der Waals surface area (Å²) in [5.74, 6) is -1.37. The lowest BCUT2D eigenvalue weighted by atomic mass is 9.97. The second kappa shape index (κ2) is 7.74. The van der Waals surface area contributed by atoms with Gasteiger partial charge in [-0.25, -0.2) is 17.2 Å². The van der Waals surface area contributed by atoms with Gasteiger partial charge in [0.2, 0.25) is 15.9 Å². The van der Waals surface area contributed by atoms with Gasteiger partial charge in [0, 0.05) is 24.7 Å². The van der Waals surface area contributed by atoms with Gasteiger partial charge in [0.15, 0.2) is 0 Å². The Balaban J connectivity index is 1.63. The van der Waals surface area contributed by atoms with Crippen LogP contribution < -0.4 is 5.32 Å². The summed E-state index contributed by atoms with van der Waals surface area (Å²) in [4.78, 5) is 12.4. The summed E-state index contributed by atoms with van der Waals surface area (Å²) in [6, 6.07) is 9.19. The average molecular weight is 394 g/mol. The van der Waals surface area contributed by atoms with E-state index in [2.05, 4.69) is 5.32 Å². The molecule has 0 aromatic heterocycles. The summed E-state index contributed by atoms with van der Waals surface area (Å²) in [5, 5.41) is 2.72. The number of carbonyl (C=O) groups excluding carboxylic acids is 1. The number of nitrogens with one attached hydrogen (secondary N) is 1. The Kier molecular flexibility index (Phi) is 5.57. The molecule has 1 saturated heterocycles. The minimum Gasteiger partial charge on any atom is -0.326 e. The number of carbonyl (C=O) groups is 1. The lowest BCUT2D eigenvalue weighted by Gasteiger charge is -2.30. The Labute approximate surface area is 157 Å². The first kappa shape index (κ1) is 19.4. The first-order chi connectivity index (χ1) is 12.8. The van der Waals surface area contributed by atoms with Crippen LogP contribution in [0.2, 0.25) is 0 Å². The molecular weight excluding hydrogens is 374 g/mol. The zero-order valence-corrected chi connectivity index (χ0v) is 15.6. The first-order valence-electron chi connectivity index (χ1n) is 8.60. The molecule has 1 N–H and O–H groups in total. The standard InChI is InChI=1S/C19H20F2N2O3S/c1-13-12-17(6-7-18(13)21)27(25,26)23-10-8-14(9-11-23)19(24)22-16-4-2-15(20)3-5-16/h2-7,12,14H,8-11H2,1H3,(H,22,24). The summed E-state index contributed by atoms with van der Waals surface area (Å²) in [6.45, 7) is 1.93. The largest absolute Gasteiger partial charge is 0.326 e. The molecule has 0 saturated carbocycles.